The lowest BCUT2D eigenvalue weighted by Gasteiger charge is -2.22. The molecule has 1 aromatic heterocycles. The van der Waals surface area contributed by atoms with Crippen molar-refractivity contribution in [3.8, 4) is 5.75 Å². The average Bonchev–Trinajstić information content (AvgIpc) is 3.22. The molecular weight excluding hydrogens is 354 g/mol. The standard InChI is InChI=1S/C18H19N3O4S/c1-20-17(23)15(21(18(20)26)11-14-4-3-9-25-14)10-16(22)19-12-5-7-13(24-2)8-6-12/h3-9,15H,10-11H2,1-2H3,(H,19,22)/t15-/m1/s1. The number of methoxy groups -OCH3 is 1. The number of hydrogen-bond acceptors (Lipinski definition) is 5. The van der Waals surface area contributed by atoms with Crippen molar-refractivity contribution in [3.63, 3.8) is 0 Å². The first-order valence-corrected chi connectivity index (χ1v) is 8.45. The van der Waals surface area contributed by atoms with Gasteiger partial charge >= 0.3 is 0 Å². The fraction of sp³-hybridized carbons (Fsp3) is 0.278. The van der Waals surface area contributed by atoms with E-state index < -0.39 is 6.04 Å². The summed E-state index contributed by atoms with van der Waals surface area (Å²) in [5, 5.41) is 3.17. The van der Waals surface area contributed by atoms with E-state index in [1.54, 1.807) is 61.7 Å². The molecule has 3 rings (SSSR count). The van der Waals surface area contributed by atoms with E-state index >= 15 is 0 Å². The van der Waals surface area contributed by atoms with Crippen molar-refractivity contribution in [2.45, 2.75) is 19.0 Å². The SMILES string of the molecule is COc1ccc(NC(=O)C[C@@H]2C(=O)N(C)C(=S)N2Cc2ccco2)cc1. The third-order valence-corrected chi connectivity index (χ3v) is 4.69. The molecule has 0 radical (unpaired) electrons. The summed E-state index contributed by atoms with van der Waals surface area (Å²) in [4.78, 5) is 28.0. The molecule has 7 nitrogen and oxygen atoms in total. The van der Waals surface area contributed by atoms with Crippen LogP contribution in [-0.4, -0.2) is 46.9 Å². The van der Waals surface area contributed by atoms with Crippen LogP contribution >= 0.6 is 12.2 Å². The van der Waals surface area contributed by atoms with Gasteiger partial charge in [-0.2, -0.15) is 0 Å². The number of rotatable bonds is 6. The predicted octanol–water partition coefficient (Wildman–Crippen LogP) is 2.24. The Labute approximate surface area is 156 Å². The molecule has 2 amide bonds. The minimum atomic E-state index is -0.657. The van der Waals surface area contributed by atoms with Crippen LogP contribution in [0.3, 0.4) is 0 Å². The van der Waals surface area contributed by atoms with Gasteiger partial charge in [-0.25, -0.2) is 0 Å². The molecule has 8 heteroatoms. The van der Waals surface area contributed by atoms with Gasteiger partial charge in [-0.1, -0.05) is 0 Å². The Morgan fingerprint density at radius 1 is 1.31 bits per heavy atom. The van der Waals surface area contributed by atoms with Crippen LogP contribution in [0.15, 0.2) is 47.1 Å². The smallest absolute Gasteiger partial charge is 0.251 e. The van der Waals surface area contributed by atoms with E-state index in [9.17, 15) is 9.59 Å². The zero-order valence-corrected chi connectivity index (χ0v) is 15.3. The first kappa shape index (κ1) is 17.9. The molecule has 136 valence electrons. The number of hydrogen-bond donors (Lipinski definition) is 1. The molecule has 0 unspecified atom stereocenters. The van der Waals surface area contributed by atoms with E-state index in [0.29, 0.717) is 28.9 Å². The molecule has 1 fully saturated rings. The van der Waals surface area contributed by atoms with Gasteiger partial charge in [-0.05, 0) is 48.6 Å². The maximum atomic E-state index is 12.5. The summed E-state index contributed by atoms with van der Waals surface area (Å²) >= 11 is 5.34. The minimum Gasteiger partial charge on any atom is -0.497 e. The summed E-state index contributed by atoms with van der Waals surface area (Å²) in [6, 6.07) is 9.90. The molecule has 1 aromatic carbocycles. The fourth-order valence-electron chi connectivity index (χ4n) is 2.78. The van der Waals surface area contributed by atoms with Crippen LogP contribution in [0.5, 0.6) is 5.75 Å². The van der Waals surface area contributed by atoms with Crippen molar-refractivity contribution in [1.82, 2.24) is 9.80 Å². The van der Waals surface area contributed by atoms with Crippen LogP contribution in [0.2, 0.25) is 0 Å². The van der Waals surface area contributed by atoms with Gasteiger partial charge < -0.3 is 19.4 Å². The third-order valence-electron chi connectivity index (χ3n) is 4.18. The number of amides is 2. The summed E-state index contributed by atoms with van der Waals surface area (Å²) in [6.45, 7) is 0.336. The molecule has 0 bridgehead atoms. The largest absolute Gasteiger partial charge is 0.497 e. The van der Waals surface area contributed by atoms with Gasteiger partial charge in [0.15, 0.2) is 5.11 Å². The first-order chi connectivity index (χ1) is 12.5. The molecule has 26 heavy (non-hydrogen) atoms. The summed E-state index contributed by atoms with van der Waals surface area (Å²) in [6.07, 6.45) is 1.56. The molecule has 1 aliphatic rings. The zero-order chi connectivity index (χ0) is 18.7. The summed E-state index contributed by atoms with van der Waals surface area (Å²) < 4.78 is 10.4. The molecule has 1 atom stereocenters. The molecule has 0 spiro atoms. The van der Waals surface area contributed by atoms with Crippen molar-refractivity contribution < 1.29 is 18.7 Å². The fourth-order valence-corrected chi connectivity index (χ4v) is 3.07. The van der Waals surface area contributed by atoms with Gasteiger partial charge in [0.2, 0.25) is 5.91 Å². The summed E-state index contributed by atoms with van der Waals surface area (Å²) in [7, 11) is 3.19. The highest BCUT2D eigenvalue weighted by Gasteiger charge is 2.41. The second kappa shape index (κ2) is 7.57. The number of benzene rings is 1. The molecular formula is C18H19N3O4S. The topological polar surface area (TPSA) is 75.0 Å². The number of thiocarbonyl (C=S) groups is 1. The Morgan fingerprint density at radius 3 is 2.65 bits per heavy atom. The second-order valence-electron chi connectivity index (χ2n) is 5.88. The Kier molecular flexibility index (Phi) is 5.22. The van der Waals surface area contributed by atoms with Gasteiger partial charge in [0.05, 0.1) is 26.3 Å². The Balaban J connectivity index is 1.69. The second-order valence-corrected chi connectivity index (χ2v) is 6.25. The number of furan rings is 1. The third kappa shape index (κ3) is 3.70. The highest BCUT2D eigenvalue weighted by Crippen LogP contribution is 2.23. The Morgan fingerprint density at radius 2 is 2.04 bits per heavy atom. The van der Waals surface area contributed by atoms with Crippen molar-refractivity contribution in [2.24, 2.45) is 0 Å². The Bertz CT molecular complexity index is 804. The molecule has 0 aliphatic carbocycles. The normalized spacial score (nSPS) is 16.9. The monoisotopic (exact) mass is 373 g/mol. The van der Waals surface area contributed by atoms with E-state index in [1.165, 1.54) is 4.90 Å². The van der Waals surface area contributed by atoms with Gasteiger partial charge in [0, 0.05) is 12.7 Å². The highest BCUT2D eigenvalue weighted by atomic mass is 32.1. The predicted molar refractivity (Wildman–Crippen MR) is 99.6 cm³/mol. The van der Waals surface area contributed by atoms with Crippen LogP contribution in [0.1, 0.15) is 12.2 Å². The molecule has 2 aromatic rings. The lowest BCUT2D eigenvalue weighted by molar-refractivity contribution is -0.130. The van der Waals surface area contributed by atoms with Crippen LogP contribution in [0.25, 0.3) is 0 Å². The average molecular weight is 373 g/mol. The number of nitrogens with zero attached hydrogens (tertiary/aromatic N) is 2. The number of carbonyl (C=O) groups excluding carboxylic acids is 2. The quantitative estimate of drug-likeness (QED) is 0.783. The number of ether oxygens (including phenoxy) is 1. The highest BCUT2D eigenvalue weighted by molar-refractivity contribution is 7.80. The van der Waals surface area contributed by atoms with E-state index in [1.807, 2.05) is 0 Å². The van der Waals surface area contributed by atoms with Crippen molar-refractivity contribution >= 4 is 34.8 Å². The van der Waals surface area contributed by atoms with Gasteiger partial charge in [0.1, 0.15) is 17.6 Å². The van der Waals surface area contributed by atoms with Gasteiger partial charge in [0.25, 0.3) is 5.91 Å². The molecule has 1 saturated heterocycles. The van der Waals surface area contributed by atoms with E-state index in [0.717, 1.165) is 0 Å². The number of carbonyl (C=O) groups is 2. The summed E-state index contributed by atoms with van der Waals surface area (Å²) in [5.74, 6) is 0.907. The van der Waals surface area contributed by atoms with E-state index in [4.69, 9.17) is 21.4 Å². The number of anilines is 1. The van der Waals surface area contributed by atoms with Crippen LogP contribution in [-0.2, 0) is 16.1 Å². The van der Waals surface area contributed by atoms with Crippen molar-refractivity contribution in [3.05, 3.63) is 48.4 Å². The van der Waals surface area contributed by atoms with Crippen molar-refractivity contribution in [2.75, 3.05) is 19.5 Å². The first-order valence-electron chi connectivity index (χ1n) is 8.04. The number of likely N-dealkylation sites (N-methyl/N-ethyl adjacent to an activating group) is 1. The van der Waals surface area contributed by atoms with Gasteiger partial charge in [-0.3, -0.25) is 14.5 Å². The van der Waals surface area contributed by atoms with E-state index in [2.05, 4.69) is 5.32 Å². The summed E-state index contributed by atoms with van der Waals surface area (Å²) in [5.41, 5.74) is 0.634. The maximum absolute atomic E-state index is 12.5. The molecule has 2 heterocycles. The van der Waals surface area contributed by atoms with Crippen LogP contribution in [0, 0.1) is 0 Å². The molecule has 1 N–H and O–H groups in total. The minimum absolute atomic E-state index is 0.00392. The van der Waals surface area contributed by atoms with Crippen molar-refractivity contribution in [1.29, 1.82) is 0 Å². The van der Waals surface area contributed by atoms with Crippen LogP contribution < -0.4 is 10.1 Å². The van der Waals surface area contributed by atoms with E-state index in [-0.39, 0.29) is 18.2 Å². The maximum Gasteiger partial charge on any atom is 0.251 e. The van der Waals surface area contributed by atoms with Gasteiger partial charge in [-0.15, -0.1) is 0 Å². The van der Waals surface area contributed by atoms with Crippen LogP contribution in [0.4, 0.5) is 5.69 Å². The molecule has 0 saturated carbocycles. The lowest BCUT2D eigenvalue weighted by atomic mass is 10.1. The Hall–Kier alpha value is -2.87. The number of nitrogens with one attached hydrogen (secondary N) is 1. The molecule has 1 aliphatic heterocycles. The zero-order valence-electron chi connectivity index (χ0n) is 14.5. The lowest BCUT2D eigenvalue weighted by Crippen LogP contribution is -2.37.